The van der Waals surface area contributed by atoms with E-state index in [0.29, 0.717) is 6.54 Å². The third-order valence-electron chi connectivity index (χ3n) is 2.85. The molecule has 1 unspecified atom stereocenters. The second-order valence-electron chi connectivity index (χ2n) is 4.23. The number of amides is 1. The molecular formula is C12H11ClF3NO. The Bertz CT molecular complexity index is 461. The van der Waals surface area contributed by atoms with Crippen molar-refractivity contribution >= 4 is 17.5 Å². The monoisotopic (exact) mass is 277 g/mol. The van der Waals surface area contributed by atoms with E-state index in [1.165, 1.54) is 23.1 Å². The van der Waals surface area contributed by atoms with Crippen LogP contribution in [0, 0.1) is 0 Å². The van der Waals surface area contributed by atoms with Gasteiger partial charge in [-0.05, 0) is 11.6 Å². The predicted octanol–water partition coefficient (Wildman–Crippen LogP) is 3.05. The lowest BCUT2D eigenvalue weighted by molar-refractivity contribution is -0.139. The van der Waals surface area contributed by atoms with Crippen LogP contribution in [0.3, 0.4) is 0 Å². The molecule has 2 rings (SSSR count). The first-order valence-corrected chi connectivity index (χ1v) is 5.88. The van der Waals surface area contributed by atoms with Crippen molar-refractivity contribution in [1.82, 2.24) is 4.90 Å². The number of likely N-dealkylation sites (tertiary alicyclic amines) is 1. The maximum atomic E-state index is 12.8. The van der Waals surface area contributed by atoms with Crippen molar-refractivity contribution < 1.29 is 18.0 Å². The van der Waals surface area contributed by atoms with Gasteiger partial charge in [-0.1, -0.05) is 18.2 Å². The number of hydrogen-bond donors (Lipinski definition) is 0. The second kappa shape index (κ2) is 4.80. The van der Waals surface area contributed by atoms with E-state index in [9.17, 15) is 18.0 Å². The van der Waals surface area contributed by atoms with E-state index in [2.05, 4.69) is 0 Å². The normalized spacial score (nSPS) is 20.6. The Morgan fingerprint density at radius 3 is 2.56 bits per heavy atom. The van der Waals surface area contributed by atoms with Crippen LogP contribution in [0.4, 0.5) is 13.2 Å². The summed E-state index contributed by atoms with van der Waals surface area (Å²) in [6.07, 6.45) is -4.21. The van der Waals surface area contributed by atoms with E-state index >= 15 is 0 Å². The molecule has 98 valence electrons. The Hall–Kier alpha value is -1.23. The van der Waals surface area contributed by atoms with Gasteiger partial charge in [0.1, 0.15) is 0 Å². The van der Waals surface area contributed by atoms with Gasteiger partial charge in [0.2, 0.25) is 5.91 Å². The number of nitrogens with zero attached hydrogens (tertiary/aromatic N) is 1. The third kappa shape index (κ3) is 2.77. The van der Waals surface area contributed by atoms with E-state index < -0.39 is 11.7 Å². The van der Waals surface area contributed by atoms with Crippen LogP contribution in [0.5, 0.6) is 0 Å². The van der Waals surface area contributed by atoms with Crippen LogP contribution in [-0.2, 0) is 17.5 Å². The fourth-order valence-electron chi connectivity index (χ4n) is 2.02. The van der Waals surface area contributed by atoms with Gasteiger partial charge in [-0.3, -0.25) is 4.79 Å². The number of hydrogen-bond acceptors (Lipinski definition) is 1. The van der Waals surface area contributed by atoms with E-state index in [4.69, 9.17) is 11.6 Å². The van der Waals surface area contributed by atoms with Gasteiger partial charge in [-0.25, -0.2) is 0 Å². The summed E-state index contributed by atoms with van der Waals surface area (Å²) >= 11 is 5.81. The van der Waals surface area contributed by atoms with Crippen LogP contribution in [0.1, 0.15) is 17.5 Å². The Balaban J connectivity index is 2.22. The summed E-state index contributed by atoms with van der Waals surface area (Å²) in [6, 6.07) is 5.28. The number of carbonyl (C=O) groups excluding carboxylic acids is 1. The Kier molecular flexibility index (Phi) is 3.52. The van der Waals surface area contributed by atoms with Gasteiger partial charge in [0.05, 0.1) is 10.9 Å². The molecule has 1 aromatic rings. The molecule has 1 saturated heterocycles. The van der Waals surface area contributed by atoms with Crippen molar-refractivity contribution in [1.29, 1.82) is 0 Å². The lowest BCUT2D eigenvalue weighted by atomic mass is 10.1. The molecule has 1 aromatic carbocycles. The molecular weight excluding hydrogens is 267 g/mol. The summed E-state index contributed by atoms with van der Waals surface area (Å²) in [5, 5.41) is -0.310. The van der Waals surface area contributed by atoms with Crippen molar-refractivity contribution in [3.63, 3.8) is 0 Å². The summed E-state index contributed by atoms with van der Waals surface area (Å²) in [5.41, 5.74) is -0.597. The lowest BCUT2D eigenvalue weighted by Gasteiger charge is -2.19. The smallest absolute Gasteiger partial charge is 0.337 e. The van der Waals surface area contributed by atoms with E-state index in [1.807, 2.05) is 0 Å². The number of rotatable bonds is 2. The van der Waals surface area contributed by atoms with Gasteiger partial charge in [-0.2, -0.15) is 13.2 Å². The van der Waals surface area contributed by atoms with Crippen LogP contribution in [0.2, 0.25) is 0 Å². The zero-order chi connectivity index (χ0) is 13.3. The molecule has 1 heterocycles. The minimum Gasteiger partial charge on any atom is -0.337 e. The highest BCUT2D eigenvalue weighted by Gasteiger charge is 2.35. The number of carbonyl (C=O) groups is 1. The molecule has 0 spiro atoms. The summed E-state index contributed by atoms with van der Waals surface area (Å²) in [6.45, 7) is 0.254. The first-order valence-electron chi connectivity index (χ1n) is 5.45. The van der Waals surface area contributed by atoms with Gasteiger partial charge >= 0.3 is 6.18 Å². The van der Waals surface area contributed by atoms with Gasteiger partial charge in [0.25, 0.3) is 0 Å². The molecule has 0 aromatic heterocycles. The van der Waals surface area contributed by atoms with Crippen molar-refractivity contribution in [2.24, 2.45) is 0 Å². The second-order valence-corrected chi connectivity index (χ2v) is 4.85. The highest BCUT2D eigenvalue weighted by atomic mass is 35.5. The Labute approximate surface area is 107 Å². The van der Waals surface area contributed by atoms with Crippen molar-refractivity contribution in [2.45, 2.75) is 24.5 Å². The standard InChI is InChI=1S/C12H11ClF3NO/c13-9-5-11(18)17(7-9)6-8-3-1-2-4-10(8)12(14,15)16/h1-4,9H,5-7H2. The average Bonchev–Trinajstić information content (AvgIpc) is 2.57. The summed E-state index contributed by atoms with van der Waals surface area (Å²) in [5.74, 6) is -0.202. The molecule has 0 bridgehead atoms. The number of benzene rings is 1. The summed E-state index contributed by atoms with van der Waals surface area (Å²) in [7, 11) is 0. The van der Waals surface area contributed by atoms with E-state index in [0.717, 1.165) is 6.07 Å². The molecule has 0 saturated carbocycles. The maximum Gasteiger partial charge on any atom is 0.416 e. The Morgan fingerprint density at radius 1 is 1.33 bits per heavy atom. The fourth-order valence-corrected chi connectivity index (χ4v) is 2.32. The molecule has 0 N–H and O–H groups in total. The van der Waals surface area contributed by atoms with Crippen LogP contribution < -0.4 is 0 Å². The molecule has 1 fully saturated rings. The van der Waals surface area contributed by atoms with Crippen LogP contribution in [0.15, 0.2) is 24.3 Å². The van der Waals surface area contributed by atoms with Crippen LogP contribution in [0.25, 0.3) is 0 Å². The molecule has 18 heavy (non-hydrogen) atoms. The fraction of sp³-hybridized carbons (Fsp3) is 0.417. The molecule has 0 aliphatic carbocycles. The Morgan fingerprint density at radius 2 is 2.00 bits per heavy atom. The predicted molar refractivity (Wildman–Crippen MR) is 61.1 cm³/mol. The highest BCUT2D eigenvalue weighted by molar-refractivity contribution is 6.22. The number of halogens is 4. The molecule has 1 atom stereocenters. The SMILES string of the molecule is O=C1CC(Cl)CN1Cc1ccccc1C(F)(F)F. The van der Waals surface area contributed by atoms with Crippen molar-refractivity contribution in [3.05, 3.63) is 35.4 Å². The van der Waals surface area contributed by atoms with Crippen LogP contribution >= 0.6 is 11.6 Å². The zero-order valence-electron chi connectivity index (χ0n) is 9.38. The minimum absolute atomic E-state index is 0.0439. The largest absolute Gasteiger partial charge is 0.416 e. The molecule has 6 heteroatoms. The molecule has 1 amide bonds. The quantitative estimate of drug-likeness (QED) is 0.761. The molecule has 1 aliphatic rings. The molecule has 2 nitrogen and oxygen atoms in total. The average molecular weight is 278 g/mol. The van der Waals surface area contributed by atoms with Gasteiger partial charge in [0.15, 0.2) is 0 Å². The summed E-state index contributed by atoms with van der Waals surface area (Å²) < 4.78 is 38.3. The first kappa shape index (κ1) is 13.2. The highest BCUT2D eigenvalue weighted by Crippen LogP contribution is 2.33. The molecule has 1 aliphatic heterocycles. The summed E-state index contributed by atoms with van der Waals surface area (Å²) in [4.78, 5) is 12.9. The van der Waals surface area contributed by atoms with Crippen LogP contribution in [-0.4, -0.2) is 22.7 Å². The topological polar surface area (TPSA) is 20.3 Å². The number of alkyl halides is 4. The van der Waals surface area contributed by atoms with Gasteiger partial charge in [0, 0.05) is 19.5 Å². The zero-order valence-corrected chi connectivity index (χ0v) is 10.1. The maximum absolute atomic E-state index is 12.8. The van der Waals surface area contributed by atoms with Gasteiger partial charge < -0.3 is 4.90 Å². The van der Waals surface area contributed by atoms with Crippen molar-refractivity contribution in [2.75, 3.05) is 6.54 Å². The molecule has 0 radical (unpaired) electrons. The van der Waals surface area contributed by atoms with E-state index in [1.54, 1.807) is 0 Å². The van der Waals surface area contributed by atoms with E-state index in [-0.39, 0.29) is 29.8 Å². The third-order valence-corrected chi connectivity index (χ3v) is 3.14. The van der Waals surface area contributed by atoms with Crippen molar-refractivity contribution in [3.8, 4) is 0 Å². The first-order chi connectivity index (χ1) is 8.38. The minimum atomic E-state index is -4.40. The van der Waals surface area contributed by atoms with Gasteiger partial charge in [-0.15, -0.1) is 11.6 Å². The lowest BCUT2D eigenvalue weighted by Crippen LogP contribution is -2.26.